The number of carbonyl (C=O) groups is 2. The zero-order chi connectivity index (χ0) is 19.7. The zero-order valence-corrected chi connectivity index (χ0v) is 15.3. The van der Waals surface area contributed by atoms with Gasteiger partial charge in [0.25, 0.3) is 0 Å². The monoisotopic (exact) mass is 368 g/mol. The van der Waals surface area contributed by atoms with E-state index in [0.29, 0.717) is 11.4 Å². The third-order valence-corrected chi connectivity index (χ3v) is 3.71. The topological polar surface area (TPSA) is 129 Å². The van der Waals surface area contributed by atoms with Gasteiger partial charge in [-0.05, 0) is 13.8 Å². The first-order chi connectivity index (χ1) is 12.4. The van der Waals surface area contributed by atoms with E-state index in [1.165, 1.54) is 26.9 Å². The van der Waals surface area contributed by atoms with Crippen LogP contribution in [0.3, 0.4) is 0 Å². The van der Waals surface area contributed by atoms with Gasteiger partial charge in [0.05, 0.1) is 57.2 Å². The third-order valence-electron chi connectivity index (χ3n) is 3.71. The van der Waals surface area contributed by atoms with Gasteiger partial charge >= 0.3 is 11.9 Å². The van der Waals surface area contributed by atoms with Crippen LogP contribution in [0.15, 0.2) is 12.7 Å². The van der Waals surface area contributed by atoms with Crippen LogP contribution in [0.5, 0.6) is 0 Å². The normalized spacial score (nSPS) is 10.1. The second kappa shape index (κ2) is 10.3. The van der Waals surface area contributed by atoms with Gasteiger partial charge in [0.2, 0.25) is 0 Å². The first kappa shape index (κ1) is 21.3. The number of aromatic nitrogens is 4. The van der Waals surface area contributed by atoms with Crippen LogP contribution in [-0.2, 0) is 45.4 Å². The molecule has 144 valence electrons. The number of esters is 2. The van der Waals surface area contributed by atoms with Crippen molar-refractivity contribution in [2.45, 2.75) is 40.2 Å². The van der Waals surface area contributed by atoms with Gasteiger partial charge in [0.15, 0.2) is 0 Å². The van der Waals surface area contributed by atoms with E-state index in [1.54, 1.807) is 23.0 Å². The molecule has 0 unspecified atom stereocenters. The van der Waals surface area contributed by atoms with Crippen LogP contribution < -0.4 is 0 Å². The molecule has 2 aromatic rings. The Morgan fingerprint density at radius 2 is 1.50 bits per heavy atom. The first-order valence-electron chi connectivity index (χ1n) is 7.74. The van der Waals surface area contributed by atoms with E-state index in [1.807, 2.05) is 0 Å². The molecule has 0 saturated carbocycles. The maximum atomic E-state index is 10.9. The molecule has 0 saturated heterocycles. The van der Waals surface area contributed by atoms with Gasteiger partial charge in [-0.15, -0.1) is 0 Å². The highest BCUT2D eigenvalue weighted by Gasteiger charge is 2.09. The van der Waals surface area contributed by atoms with E-state index in [0.717, 1.165) is 11.4 Å². The predicted molar refractivity (Wildman–Crippen MR) is 89.8 cm³/mol. The van der Waals surface area contributed by atoms with Gasteiger partial charge in [0, 0.05) is 5.69 Å². The van der Waals surface area contributed by atoms with Crippen molar-refractivity contribution in [3.8, 4) is 0 Å². The minimum absolute atomic E-state index is 0.0905. The fraction of sp³-hybridized carbons (Fsp3) is 0.500. The Kier molecular flexibility index (Phi) is 8.46. The average Bonchev–Trinajstić information content (AvgIpc) is 3.17. The van der Waals surface area contributed by atoms with Gasteiger partial charge in [0.1, 0.15) is 13.1 Å². The van der Waals surface area contributed by atoms with Crippen molar-refractivity contribution in [2.24, 2.45) is 0 Å². The largest absolute Gasteiger partial charge is 0.468 e. The molecule has 0 aromatic carbocycles. The maximum Gasteiger partial charge on any atom is 0.325 e. The number of hydrogen-bond acceptors (Lipinski definition) is 8. The molecule has 0 aliphatic carbocycles. The lowest BCUT2D eigenvalue weighted by atomic mass is 10.3. The number of aliphatic hydroxyl groups excluding tert-OH is 2. The SMILES string of the molecule is COC(=O)Cn1cnc(C)c1CO.COC(=O)Cn1cnc(CO)c1C. The van der Waals surface area contributed by atoms with Crippen LogP contribution >= 0.6 is 0 Å². The third kappa shape index (κ3) is 5.67. The molecule has 0 spiro atoms. The van der Waals surface area contributed by atoms with Gasteiger partial charge in [-0.1, -0.05) is 0 Å². The number of nitrogens with zero attached hydrogens (tertiary/aromatic N) is 4. The molecule has 2 heterocycles. The van der Waals surface area contributed by atoms with Crippen LogP contribution in [0.2, 0.25) is 0 Å². The summed E-state index contributed by atoms with van der Waals surface area (Å²) in [5, 5.41) is 17.8. The van der Waals surface area contributed by atoms with Crippen LogP contribution in [0, 0.1) is 13.8 Å². The second-order valence-corrected chi connectivity index (χ2v) is 5.28. The lowest BCUT2D eigenvalue weighted by Gasteiger charge is -2.04. The smallest absolute Gasteiger partial charge is 0.325 e. The molecular weight excluding hydrogens is 344 g/mol. The van der Waals surface area contributed by atoms with Crippen LogP contribution in [-0.4, -0.2) is 55.5 Å². The quantitative estimate of drug-likeness (QED) is 0.666. The summed E-state index contributed by atoms with van der Waals surface area (Å²) in [6, 6.07) is 0. The molecule has 0 aliphatic rings. The maximum absolute atomic E-state index is 10.9. The Bertz CT molecular complexity index is 737. The van der Waals surface area contributed by atoms with Crippen molar-refractivity contribution in [1.29, 1.82) is 0 Å². The van der Waals surface area contributed by atoms with E-state index < -0.39 is 0 Å². The van der Waals surface area contributed by atoms with E-state index in [2.05, 4.69) is 19.4 Å². The molecule has 0 atom stereocenters. The van der Waals surface area contributed by atoms with Gasteiger partial charge in [-0.3, -0.25) is 9.59 Å². The highest BCUT2D eigenvalue weighted by Crippen LogP contribution is 2.06. The van der Waals surface area contributed by atoms with Crippen molar-refractivity contribution < 1.29 is 29.3 Å². The average molecular weight is 368 g/mol. The molecular formula is C16H24N4O6. The Hall–Kier alpha value is -2.72. The summed E-state index contributed by atoms with van der Waals surface area (Å²) in [7, 11) is 2.66. The number of aliphatic hydroxyl groups is 2. The summed E-state index contributed by atoms with van der Waals surface area (Å²) in [6.07, 6.45) is 3.02. The van der Waals surface area contributed by atoms with Gasteiger partial charge < -0.3 is 28.8 Å². The second-order valence-electron chi connectivity index (χ2n) is 5.28. The Morgan fingerprint density at radius 3 is 1.96 bits per heavy atom. The number of methoxy groups -OCH3 is 2. The van der Waals surface area contributed by atoms with Crippen molar-refractivity contribution >= 4 is 11.9 Å². The Labute approximate surface area is 151 Å². The van der Waals surface area contributed by atoms with E-state index >= 15 is 0 Å². The van der Waals surface area contributed by atoms with Crippen molar-refractivity contribution in [2.75, 3.05) is 14.2 Å². The van der Waals surface area contributed by atoms with Crippen LogP contribution in [0.25, 0.3) is 0 Å². The molecule has 0 fully saturated rings. The zero-order valence-electron chi connectivity index (χ0n) is 15.3. The number of hydrogen-bond donors (Lipinski definition) is 2. The summed E-state index contributed by atoms with van der Waals surface area (Å²) in [5.74, 6) is -0.683. The molecule has 0 bridgehead atoms. The molecule has 2 rings (SSSR count). The molecule has 10 nitrogen and oxygen atoms in total. The lowest BCUT2D eigenvalue weighted by molar-refractivity contribution is -0.142. The van der Waals surface area contributed by atoms with E-state index in [9.17, 15) is 9.59 Å². The molecule has 10 heteroatoms. The van der Waals surface area contributed by atoms with Crippen molar-refractivity contribution in [3.63, 3.8) is 0 Å². The van der Waals surface area contributed by atoms with Crippen LogP contribution in [0.4, 0.5) is 0 Å². The number of ether oxygens (including phenoxy) is 2. The summed E-state index contributed by atoms with van der Waals surface area (Å²) in [5.41, 5.74) is 2.74. The number of imidazole rings is 2. The highest BCUT2D eigenvalue weighted by atomic mass is 16.5. The van der Waals surface area contributed by atoms with E-state index in [-0.39, 0.29) is 38.2 Å². The van der Waals surface area contributed by atoms with E-state index in [4.69, 9.17) is 10.2 Å². The number of aryl methyl sites for hydroxylation is 1. The summed E-state index contributed by atoms with van der Waals surface area (Å²) in [4.78, 5) is 29.7. The first-order valence-corrected chi connectivity index (χ1v) is 7.74. The van der Waals surface area contributed by atoms with Gasteiger partial charge in [-0.25, -0.2) is 9.97 Å². The van der Waals surface area contributed by atoms with Crippen molar-refractivity contribution in [1.82, 2.24) is 19.1 Å². The van der Waals surface area contributed by atoms with Crippen LogP contribution in [0.1, 0.15) is 22.8 Å². The molecule has 0 amide bonds. The number of rotatable bonds is 6. The molecule has 0 aliphatic heterocycles. The lowest BCUT2D eigenvalue weighted by Crippen LogP contribution is -2.13. The molecule has 26 heavy (non-hydrogen) atoms. The van der Waals surface area contributed by atoms with Crippen molar-refractivity contribution in [3.05, 3.63) is 35.4 Å². The summed E-state index contributed by atoms with van der Waals surface area (Å²) < 4.78 is 12.2. The molecule has 2 aromatic heterocycles. The fourth-order valence-electron chi connectivity index (χ4n) is 2.06. The predicted octanol–water partition coefficient (Wildman–Crippen LogP) is -0.286. The minimum atomic E-state index is -0.355. The standard InChI is InChI=1S/2C8H12N2O3/c1-6-7(4-11)9-5-10(6)3-8(12)13-2;1-6-7(4-11)10(5-9-6)3-8(12)13-2/h2*5,11H,3-4H2,1-2H3. The Balaban J connectivity index is 0.000000260. The molecule has 2 N–H and O–H groups in total. The number of carbonyl (C=O) groups excluding carboxylic acids is 2. The Morgan fingerprint density at radius 1 is 0.962 bits per heavy atom. The van der Waals surface area contributed by atoms with Gasteiger partial charge in [-0.2, -0.15) is 0 Å². The summed E-state index contributed by atoms with van der Waals surface area (Å²) in [6.45, 7) is 3.56. The molecule has 0 radical (unpaired) electrons. The minimum Gasteiger partial charge on any atom is -0.468 e. The fourth-order valence-corrected chi connectivity index (χ4v) is 2.06. The summed E-state index contributed by atoms with van der Waals surface area (Å²) >= 11 is 0. The highest BCUT2D eigenvalue weighted by molar-refractivity contribution is 5.69.